The van der Waals surface area contributed by atoms with Crippen molar-refractivity contribution in [1.82, 2.24) is 0 Å². The number of rotatable bonds is 5. The van der Waals surface area contributed by atoms with Gasteiger partial charge in [0.1, 0.15) is 0 Å². The van der Waals surface area contributed by atoms with Gasteiger partial charge in [0.15, 0.2) is 0 Å². The molecule has 0 radical (unpaired) electrons. The van der Waals surface area contributed by atoms with Crippen LogP contribution in [0.4, 0.5) is 0 Å². The lowest BCUT2D eigenvalue weighted by Gasteiger charge is -2.04. The first-order valence-electron chi connectivity index (χ1n) is 4.03. The van der Waals surface area contributed by atoms with Gasteiger partial charge in [-0.2, -0.15) is 0 Å². The Kier molecular flexibility index (Phi) is 6.25. The Morgan fingerprint density at radius 2 is 2.20 bits per heavy atom. The molecule has 0 aliphatic carbocycles. The van der Waals surface area contributed by atoms with Gasteiger partial charge in [0.25, 0.3) is 0 Å². The maximum Gasteiger partial charge on any atom is -0.0325 e. The van der Waals surface area contributed by atoms with Crippen molar-refractivity contribution in [2.24, 2.45) is 5.92 Å². The van der Waals surface area contributed by atoms with E-state index in [2.05, 4.69) is 32.6 Å². The minimum Gasteiger partial charge on any atom is -0.103 e. The third-order valence-electron chi connectivity index (χ3n) is 1.64. The third kappa shape index (κ3) is 5.61. The standard InChI is InChI=1S/C10H18/c1-4-6-8-10(3)9-7-5-2/h4-5,7,10H,1,6,8-9H2,2-3H3/b7-5+. The minimum atomic E-state index is 0.814. The Balaban J connectivity index is 3.24. The van der Waals surface area contributed by atoms with Crippen LogP contribution < -0.4 is 0 Å². The fourth-order valence-electron chi connectivity index (χ4n) is 0.889. The highest BCUT2D eigenvalue weighted by atomic mass is 14.0. The van der Waals surface area contributed by atoms with Crippen LogP contribution in [0.15, 0.2) is 24.8 Å². The van der Waals surface area contributed by atoms with Gasteiger partial charge >= 0.3 is 0 Å². The first-order chi connectivity index (χ1) is 4.81. The summed E-state index contributed by atoms with van der Waals surface area (Å²) in [6.45, 7) is 8.05. The van der Waals surface area contributed by atoms with Gasteiger partial charge in [-0.05, 0) is 32.1 Å². The van der Waals surface area contributed by atoms with Crippen molar-refractivity contribution in [2.75, 3.05) is 0 Å². The second-order valence-electron chi connectivity index (χ2n) is 2.78. The molecule has 0 aliphatic rings. The molecule has 0 aliphatic heterocycles. The lowest BCUT2D eigenvalue weighted by Crippen LogP contribution is -1.90. The highest BCUT2D eigenvalue weighted by Crippen LogP contribution is 2.10. The van der Waals surface area contributed by atoms with E-state index in [1.165, 1.54) is 12.8 Å². The summed E-state index contributed by atoms with van der Waals surface area (Å²) in [7, 11) is 0. The van der Waals surface area contributed by atoms with Crippen LogP contribution in [0.5, 0.6) is 0 Å². The summed E-state index contributed by atoms with van der Waals surface area (Å²) in [4.78, 5) is 0. The summed E-state index contributed by atoms with van der Waals surface area (Å²) in [6.07, 6.45) is 9.97. The van der Waals surface area contributed by atoms with Crippen LogP contribution in [-0.4, -0.2) is 0 Å². The molecule has 0 nitrogen and oxygen atoms in total. The lowest BCUT2D eigenvalue weighted by atomic mass is 10.0. The normalized spacial score (nSPS) is 13.8. The van der Waals surface area contributed by atoms with Gasteiger partial charge in [0.2, 0.25) is 0 Å². The van der Waals surface area contributed by atoms with Crippen molar-refractivity contribution >= 4 is 0 Å². The molecular formula is C10H18. The molecule has 0 saturated carbocycles. The Morgan fingerprint density at radius 3 is 2.70 bits per heavy atom. The monoisotopic (exact) mass is 138 g/mol. The zero-order chi connectivity index (χ0) is 7.82. The molecular weight excluding hydrogens is 120 g/mol. The van der Waals surface area contributed by atoms with Crippen molar-refractivity contribution < 1.29 is 0 Å². The van der Waals surface area contributed by atoms with Gasteiger partial charge in [-0.3, -0.25) is 0 Å². The van der Waals surface area contributed by atoms with Crippen molar-refractivity contribution in [3.8, 4) is 0 Å². The van der Waals surface area contributed by atoms with Gasteiger partial charge in [-0.15, -0.1) is 6.58 Å². The third-order valence-corrected chi connectivity index (χ3v) is 1.64. The smallest absolute Gasteiger partial charge is 0.0325 e. The molecule has 0 bridgehead atoms. The first-order valence-corrected chi connectivity index (χ1v) is 4.03. The van der Waals surface area contributed by atoms with E-state index in [0.29, 0.717) is 0 Å². The SMILES string of the molecule is C=CCCC(C)C/C=C/C. The van der Waals surface area contributed by atoms with Gasteiger partial charge < -0.3 is 0 Å². The van der Waals surface area contributed by atoms with E-state index in [1.807, 2.05) is 6.08 Å². The minimum absolute atomic E-state index is 0.814. The molecule has 0 heterocycles. The lowest BCUT2D eigenvalue weighted by molar-refractivity contribution is 0.546. The zero-order valence-corrected chi connectivity index (χ0v) is 7.14. The Labute approximate surface area is 64.6 Å². The van der Waals surface area contributed by atoms with E-state index >= 15 is 0 Å². The van der Waals surface area contributed by atoms with Crippen LogP contribution in [0, 0.1) is 5.92 Å². The molecule has 0 aromatic heterocycles. The van der Waals surface area contributed by atoms with Crippen LogP contribution >= 0.6 is 0 Å². The molecule has 0 aromatic rings. The maximum atomic E-state index is 3.69. The summed E-state index contributed by atoms with van der Waals surface area (Å²) in [5.41, 5.74) is 0. The Morgan fingerprint density at radius 1 is 1.50 bits per heavy atom. The van der Waals surface area contributed by atoms with E-state index in [1.54, 1.807) is 0 Å². The van der Waals surface area contributed by atoms with E-state index in [0.717, 1.165) is 12.3 Å². The summed E-state index contributed by atoms with van der Waals surface area (Å²) in [5.74, 6) is 0.814. The maximum absolute atomic E-state index is 3.69. The summed E-state index contributed by atoms with van der Waals surface area (Å²) >= 11 is 0. The molecule has 0 fully saturated rings. The van der Waals surface area contributed by atoms with E-state index in [-0.39, 0.29) is 0 Å². The molecule has 0 spiro atoms. The van der Waals surface area contributed by atoms with Gasteiger partial charge in [0, 0.05) is 0 Å². The second-order valence-corrected chi connectivity index (χ2v) is 2.78. The van der Waals surface area contributed by atoms with Crippen LogP contribution in [0.3, 0.4) is 0 Å². The molecule has 10 heavy (non-hydrogen) atoms. The average Bonchev–Trinajstić information content (AvgIpc) is 1.97. The molecule has 0 amide bonds. The van der Waals surface area contributed by atoms with E-state index in [4.69, 9.17) is 0 Å². The molecule has 0 saturated heterocycles. The molecule has 0 N–H and O–H groups in total. The second kappa shape index (κ2) is 6.60. The predicted molar refractivity (Wildman–Crippen MR) is 48.0 cm³/mol. The molecule has 58 valence electrons. The average molecular weight is 138 g/mol. The first kappa shape index (κ1) is 9.48. The molecule has 1 unspecified atom stereocenters. The van der Waals surface area contributed by atoms with Crippen LogP contribution in [-0.2, 0) is 0 Å². The zero-order valence-electron chi connectivity index (χ0n) is 7.14. The number of allylic oxidation sites excluding steroid dienone is 3. The summed E-state index contributed by atoms with van der Waals surface area (Å²) in [6, 6.07) is 0. The fraction of sp³-hybridized carbons (Fsp3) is 0.600. The Bertz CT molecular complexity index is 101. The fourth-order valence-corrected chi connectivity index (χ4v) is 0.889. The summed E-state index contributed by atoms with van der Waals surface area (Å²) in [5, 5.41) is 0. The highest BCUT2D eigenvalue weighted by Gasteiger charge is 1.95. The summed E-state index contributed by atoms with van der Waals surface area (Å²) < 4.78 is 0. The van der Waals surface area contributed by atoms with Crippen LogP contribution in [0.2, 0.25) is 0 Å². The Hall–Kier alpha value is -0.520. The highest BCUT2D eigenvalue weighted by molar-refractivity contribution is 4.80. The van der Waals surface area contributed by atoms with Crippen molar-refractivity contribution in [1.29, 1.82) is 0 Å². The van der Waals surface area contributed by atoms with Crippen molar-refractivity contribution in [3.63, 3.8) is 0 Å². The van der Waals surface area contributed by atoms with Gasteiger partial charge in [-0.1, -0.05) is 25.2 Å². The van der Waals surface area contributed by atoms with Gasteiger partial charge in [0.05, 0.1) is 0 Å². The molecule has 0 rings (SSSR count). The van der Waals surface area contributed by atoms with E-state index in [9.17, 15) is 0 Å². The quantitative estimate of drug-likeness (QED) is 0.510. The van der Waals surface area contributed by atoms with E-state index < -0.39 is 0 Å². The molecule has 0 aromatic carbocycles. The number of hydrogen-bond donors (Lipinski definition) is 0. The largest absolute Gasteiger partial charge is 0.103 e. The molecule has 0 heteroatoms. The molecule has 1 atom stereocenters. The topological polar surface area (TPSA) is 0 Å². The van der Waals surface area contributed by atoms with Crippen LogP contribution in [0.1, 0.15) is 33.1 Å². The van der Waals surface area contributed by atoms with Crippen molar-refractivity contribution in [2.45, 2.75) is 33.1 Å². The van der Waals surface area contributed by atoms with Crippen molar-refractivity contribution in [3.05, 3.63) is 24.8 Å². The predicted octanol–water partition coefficient (Wildman–Crippen LogP) is 3.55. The van der Waals surface area contributed by atoms with Crippen LogP contribution in [0.25, 0.3) is 0 Å². The number of hydrogen-bond acceptors (Lipinski definition) is 0. The van der Waals surface area contributed by atoms with Gasteiger partial charge in [-0.25, -0.2) is 0 Å².